The molecule has 5 aliphatic rings. The van der Waals surface area contributed by atoms with Crippen LogP contribution in [-0.4, -0.2) is 74.4 Å². The Balaban J connectivity index is 1.39. The summed E-state index contributed by atoms with van der Waals surface area (Å²) in [6.45, 7) is 7.91. The zero-order valence-electron chi connectivity index (χ0n) is 20.3. The van der Waals surface area contributed by atoms with E-state index in [1.807, 2.05) is 6.92 Å². The van der Waals surface area contributed by atoms with Gasteiger partial charge in [0, 0.05) is 0 Å². The van der Waals surface area contributed by atoms with Gasteiger partial charge in [-0.1, -0.05) is 19.9 Å². The zero-order valence-corrected chi connectivity index (χ0v) is 20.3. The lowest BCUT2D eigenvalue weighted by Crippen LogP contribution is -2.62. The lowest BCUT2D eigenvalue weighted by Gasteiger charge is -2.63. The molecule has 8 heteroatoms. The van der Waals surface area contributed by atoms with Crippen molar-refractivity contribution in [2.45, 2.75) is 108 Å². The summed E-state index contributed by atoms with van der Waals surface area (Å²) in [7, 11) is 0. The maximum atomic E-state index is 13.7. The van der Waals surface area contributed by atoms with Crippen LogP contribution in [0.5, 0.6) is 0 Å². The van der Waals surface area contributed by atoms with E-state index in [-0.39, 0.29) is 16.7 Å². The van der Waals surface area contributed by atoms with Gasteiger partial charge in [0.15, 0.2) is 0 Å². The Morgan fingerprint density at radius 2 is 1.76 bits per heavy atom. The molecule has 5 fully saturated rings. The first-order valence-electron chi connectivity index (χ1n) is 12.8. The third-order valence-electron chi connectivity index (χ3n) is 10.7. The molecular formula is C26H40O8. The Bertz CT molecular complexity index is 860. The molecule has 192 valence electrons. The molecule has 4 aliphatic carbocycles. The first kappa shape index (κ1) is 24.7. The summed E-state index contributed by atoms with van der Waals surface area (Å²) in [5.41, 5.74) is -0.575. The molecule has 6 unspecified atom stereocenters. The van der Waals surface area contributed by atoms with E-state index in [9.17, 15) is 30.3 Å². The number of fused-ring (bicyclic) bond motifs is 3. The molecular weight excluding hydrogens is 440 g/mol. The molecule has 4 saturated carbocycles. The third-order valence-corrected chi connectivity index (χ3v) is 10.7. The minimum absolute atomic E-state index is 0.0504. The first-order chi connectivity index (χ1) is 15.9. The van der Waals surface area contributed by atoms with Gasteiger partial charge in [-0.3, -0.25) is 4.79 Å². The van der Waals surface area contributed by atoms with Gasteiger partial charge < -0.3 is 35.0 Å². The monoisotopic (exact) mass is 480 g/mol. The largest absolute Gasteiger partial charge is 0.432 e. The van der Waals surface area contributed by atoms with Crippen LogP contribution in [0.4, 0.5) is 0 Å². The number of ether oxygens (including phenoxy) is 2. The number of aliphatic hydroxyl groups excluding tert-OH is 4. The quantitative estimate of drug-likeness (QED) is 0.302. The van der Waals surface area contributed by atoms with Crippen LogP contribution in [0.2, 0.25) is 0 Å². The minimum Gasteiger partial charge on any atom is -0.432 e. The van der Waals surface area contributed by atoms with Crippen molar-refractivity contribution in [2.24, 2.45) is 28.1 Å². The number of hydrogen-bond acceptors (Lipinski definition) is 8. The summed E-state index contributed by atoms with van der Waals surface area (Å²) in [6, 6.07) is 0. The predicted octanol–water partition coefficient (Wildman–Crippen LogP) is 1.41. The van der Waals surface area contributed by atoms with E-state index >= 15 is 0 Å². The topological polar surface area (TPSA) is 137 Å². The number of rotatable bonds is 3. The van der Waals surface area contributed by atoms with Gasteiger partial charge in [0.05, 0.1) is 17.6 Å². The van der Waals surface area contributed by atoms with Crippen molar-refractivity contribution in [3.05, 3.63) is 12.2 Å². The standard InChI is InChI=1S/C26H40O8/c1-14-11-25-9-5-16-23(2,17(25)6-10-26(14,32)13-25)7-4-8-24(16,3)22(31)34-21-20(30)19(29)18(28)15(12-27)33-21/h15-21,27-30,32H,1,4-13H2,2-3H3/t15?,16-,17-,18?,19?,20?,21?,23+,24+,25+,26?/m0/s1. The molecule has 11 atom stereocenters. The van der Waals surface area contributed by atoms with Gasteiger partial charge in [-0.25, -0.2) is 0 Å². The number of carbonyl (C=O) groups excluding carboxylic acids is 1. The molecule has 34 heavy (non-hydrogen) atoms. The van der Waals surface area contributed by atoms with Crippen LogP contribution >= 0.6 is 0 Å². The highest BCUT2D eigenvalue weighted by atomic mass is 16.7. The van der Waals surface area contributed by atoms with Gasteiger partial charge in [-0.05, 0) is 86.5 Å². The fourth-order valence-corrected chi connectivity index (χ4v) is 9.00. The summed E-state index contributed by atoms with van der Waals surface area (Å²) in [5, 5.41) is 51.1. The van der Waals surface area contributed by atoms with Crippen molar-refractivity contribution >= 4 is 5.97 Å². The second-order valence-corrected chi connectivity index (χ2v) is 12.4. The van der Waals surface area contributed by atoms with Gasteiger partial charge in [0.1, 0.15) is 24.4 Å². The molecule has 5 N–H and O–H groups in total. The van der Waals surface area contributed by atoms with Gasteiger partial charge in [-0.2, -0.15) is 0 Å². The van der Waals surface area contributed by atoms with E-state index < -0.39 is 54.3 Å². The second-order valence-electron chi connectivity index (χ2n) is 12.4. The maximum absolute atomic E-state index is 13.7. The van der Waals surface area contributed by atoms with Crippen LogP contribution in [0.15, 0.2) is 12.2 Å². The number of esters is 1. The third kappa shape index (κ3) is 3.29. The molecule has 0 amide bonds. The Morgan fingerprint density at radius 1 is 1.06 bits per heavy atom. The summed E-state index contributed by atoms with van der Waals surface area (Å²) in [4.78, 5) is 13.7. The maximum Gasteiger partial charge on any atom is 0.314 e. The summed E-state index contributed by atoms with van der Waals surface area (Å²) in [5.74, 6) is 0.0200. The Labute approximate surface area is 201 Å². The van der Waals surface area contributed by atoms with E-state index in [2.05, 4.69) is 13.5 Å². The molecule has 5 rings (SSSR count). The van der Waals surface area contributed by atoms with Crippen molar-refractivity contribution in [3.63, 3.8) is 0 Å². The average molecular weight is 481 g/mol. The van der Waals surface area contributed by atoms with Crippen molar-refractivity contribution in [3.8, 4) is 0 Å². The number of hydrogen-bond donors (Lipinski definition) is 5. The van der Waals surface area contributed by atoms with Crippen molar-refractivity contribution in [1.29, 1.82) is 0 Å². The molecule has 0 radical (unpaired) electrons. The molecule has 1 heterocycles. The highest BCUT2D eigenvalue weighted by molar-refractivity contribution is 5.77. The SMILES string of the molecule is C=C1C[C@@]23CC[C@H]4[C@@](C)(CCC[C@@]4(C)C(=O)OC4OC(CO)C(O)C(O)C4O)[C@@H]2CCC1(O)C3. The zero-order chi connectivity index (χ0) is 24.7. The molecule has 8 nitrogen and oxygen atoms in total. The van der Waals surface area contributed by atoms with Gasteiger partial charge >= 0.3 is 5.97 Å². The van der Waals surface area contributed by atoms with Crippen LogP contribution in [0.3, 0.4) is 0 Å². The van der Waals surface area contributed by atoms with Gasteiger partial charge in [0.2, 0.25) is 6.29 Å². The Morgan fingerprint density at radius 3 is 2.47 bits per heavy atom. The number of carbonyl (C=O) groups is 1. The van der Waals surface area contributed by atoms with Crippen molar-refractivity contribution in [2.75, 3.05) is 6.61 Å². The average Bonchev–Trinajstić information content (AvgIpc) is 2.96. The van der Waals surface area contributed by atoms with Crippen LogP contribution in [-0.2, 0) is 14.3 Å². The highest BCUT2D eigenvalue weighted by Gasteiger charge is 2.68. The van der Waals surface area contributed by atoms with E-state index in [4.69, 9.17) is 9.47 Å². The molecule has 2 bridgehead atoms. The molecule has 1 saturated heterocycles. The van der Waals surface area contributed by atoms with Crippen LogP contribution in [0.1, 0.15) is 71.6 Å². The molecule has 1 aliphatic heterocycles. The summed E-state index contributed by atoms with van der Waals surface area (Å²) < 4.78 is 11.1. The van der Waals surface area contributed by atoms with Crippen LogP contribution in [0, 0.1) is 28.1 Å². The van der Waals surface area contributed by atoms with Crippen LogP contribution < -0.4 is 0 Å². The first-order valence-corrected chi connectivity index (χ1v) is 12.8. The lowest BCUT2D eigenvalue weighted by atomic mass is 9.41. The Hall–Kier alpha value is -1.03. The molecule has 1 spiro atoms. The van der Waals surface area contributed by atoms with Gasteiger partial charge in [0.25, 0.3) is 0 Å². The smallest absolute Gasteiger partial charge is 0.314 e. The van der Waals surface area contributed by atoms with Crippen LogP contribution in [0.25, 0.3) is 0 Å². The normalized spacial score (nSPS) is 54.8. The van der Waals surface area contributed by atoms with Crippen molar-refractivity contribution in [1.82, 2.24) is 0 Å². The highest BCUT2D eigenvalue weighted by Crippen LogP contribution is 2.73. The summed E-state index contributed by atoms with van der Waals surface area (Å²) in [6.07, 6.45) is 0.422. The van der Waals surface area contributed by atoms with Gasteiger partial charge in [-0.15, -0.1) is 0 Å². The Kier molecular flexibility index (Phi) is 5.79. The fraction of sp³-hybridized carbons (Fsp3) is 0.885. The predicted molar refractivity (Wildman–Crippen MR) is 121 cm³/mol. The molecule has 0 aromatic carbocycles. The minimum atomic E-state index is -1.60. The van der Waals surface area contributed by atoms with E-state index in [0.29, 0.717) is 12.3 Å². The van der Waals surface area contributed by atoms with E-state index in [0.717, 1.165) is 56.9 Å². The van der Waals surface area contributed by atoms with E-state index in [1.165, 1.54) is 0 Å². The van der Waals surface area contributed by atoms with Crippen molar-refractivity contribution < 1.29 is 39.8 Å². The summed E-state index contributed by atoms with van der Waals surface area (Å²) >= 11 is 0. The molecule has 0 aromatic rings. The lowest BCUT2D eigenvalue weighted by molar-refractivity contribution is -0.298. The molecule has 0 aromatic heterocycles. The fourth-order valence-electron chi connectivity index (χ4n) is 9.00. The number of aliphatic hydroxyl groups is 5. The second kappa shape index (κ2) is 7.98. The van der Waals surface area contributed by atoms with E-state index in [1.54, 1.807) is 0 Å².